The lowest BCUT2D eigenvalue weighted by Crippen LogP contribution is -2.56. The Hall–Kier alpha value is -1.07. The zero-order valence-electron chi connectivity index (χ0n) is 9.53. The van der Waals surface area contributed by atoms with Crippen LogP contribution in [0.25, 0.3) is 0 Å². The number of amides is 1. The lowest BCUT2D eigenvalue weighted by atomic mass is 10.1. The fourth-order valence-corrected chi connectivity index (χ4v) is 2.51. The largest absolute Gasteiger partial charge is 0.358 e. The maximum absolute atomic E-state index is 11.8. The molecule has 4 nitrogen and oxygen atoms in total. The van der Waals surface area contributed by atoms with Crippen molar-refractivity contribution < 1.29 is 4.79 Å². The van der Waals surface area contributed by atoms with Crippen LogP contribution in [0.5, 0.6) is 0 Å². The highest BCUT2D eigenvalue weighted by Crippen LogP contribution is 2.23. The molecule has 0 radical (unpaired) electrons. The van der Waals surface area contributed by atoms with Gasteiger partial charge in [0.2, 0.25) is 5.91 Å². The number of piperazine rings is 1. The van der Waals surface area contributed by atoms with E-state index in [1.54, 1.807) is 0 Å². The lowest BCUT2D eigenvalue weighted by Gasteiger charge is -2.36. The highest BCUT2D eigenvalue weighted by atomic mass is 79.9. The standard InChI is InChI=1S/C12H16BrN3O/c13-9-2-1-3-10(8-9)16-7-6-15-12(17)11(16)4-5-14/h1-3,8,11H,4-7,14H2,(H,15,17). The first kappa shape index (κ1) is 12.4. The van der Waals surface area contributed by atoms with E-state index in [0.717, 1.165) is 16.7 Å². The molecule has 0 aliphatic carbocycles. The van der Waals surface area contributed by atoms with Gasteiger partial charge in [-0.25, -0.2) is 0 Å². The SMILES string of the molecule is NCCC1C(=O)NCCN1c1cccc(Br)c1. The molecule has 0 bridgehead atoms. The summed E-state index contributed by atoms with van der Waals surface area (Å²) in [6.07, 6.45) is 0.679. The van der Waals surface area contributed by atoms with Gasteiger partial charge in [-0.2, -0.15) is 0 Å². The molecule has 1 aromatic carbocycles. The average Bonchev–Trinajstić information content (AvgIpc) is 2.32. The van der Waals surface area contributed by atoms with E-state index in [9.17, 15) is 4.79 Å². The minimum absolute atomic E-state index is 0.0710. The van der Waals surface area contributed by atoms with Crippen molar-refractivity contribution in [3.63, 3.8) is 0 Å². The molecule has 2 rings (SSSR count). The molecule has 17 heavy (non-hydrogen) atoms. The third-order valence-electron chi connectivity index (χ3n) is 2.91. The molecule has 1 aliphatic heterocycles. The summed E-state index contributed by atoms with van der Waals surface area (Å²) >= 11 is 3.45. The maximum atomic E-state index is 11.8. The van der Waals surface area contributed by atoms with Crippen molar-refractivity contribution >= 4 is 27.5 Å². The topological polar surface area (TPSA) is 58.4 Å². The van der Waals surface area contributed by atoms with Gasteiger partial charge in [-0.3, -0.25) is 4.79 Å². The fraction of sp³-hybridized carbons (Fsp3) is 0.417. The lowest BCUT2D eigenvalue weighted by molar-refractivity contribution is -0.123. The molecular weight excluding hydrogens is 282 g/mol. The Morgan fingerprint density at radius 1 is 1.53 bits per heavy atom. The summed E-state index contributed by atoms with van der Waals surface area (Å²) in [6, 6.07) is 7.86. The van der Waals surface area contributed by atoms with Crippen molar-refractivity contribution in [1.29, 1.82) is 0 Å². The third-order valence-corrected chi connectivity index (χ3v) is 3.40. The smallest absolute Gasteiger partial charge is 0.242 e. The summed E-state index contributed by atoms with van der Waals surface area (Å²) in [6.45, 7) is 2.03. The quantitative estimate of drug-likeness (QED) is 0.878. The first-order valence-corrected chi connectivity index (χ1v) is 6.51. The molecule has 1 heterocycles. The van der Waals surface area contributed by atoms with Gasteiger partial charge in [-0.05, 0) is 31.2 Å². The van der Waals surface area contributed by atoms with Crippen molar-refractivity contribution in [2.24, 2.45) is 5.73 Å². The van der Waals surface area contributed by atoms with Gasteiger partial charge in [0.1, 0.15) is 6.04 Å². The number of rotatable bonds is 3. The molecule has 0 saturated carbocycles. The zero-order chi connectivity index (χ0) is 12.3. The van der Waals surface area contributed by atoms with Crippen LogP contribution in [0.3, 0.4) is 0 Å². The summed E-state index contributed by atoms with van der Waals surface area (Å²) < 4.78 is 1.02. The number of hydrogen-bond donors (Lipinski definition) is 2. The number of nitrogens with one attached hydrogen (secondary N) is 1. The molecule has 1 amide bonds. The molecule has 1 saturated heterocycles. The minimum Gasteiger partial charge on any atom is -0.358 e. The Labute approximate surface area is 109 Å². The Kier molecular flexibility index (Phi) is 4.02. The molecule has 1 fully saturated rings. The van der Waals surface area contributed by atoms with E-state index in [0.29, 0.717) is 19.5 Å². The molecule has 92 valence electrons. The second-order valence-electron chi connectivity index (χ2n) is 4.06. The van der Waals surface area contributed by atoms with E-state index >= 15 is 0 Å². The molecule has 1 aromatic rings. The summed E-state index contributed by atoms with van der Waals surface area (Å²) in [4.78, 5) is 14.0. The number of hydrogen-bond acceptors (Lipinski definition) is 3. The first-order chi connectivity index (χ1) is 8.22. The predicted molar refractivity (Wildman–Crippen MR) is 72.0 cm³/mol. The fourth-order valence-electron chi connectivity index (χ4n) is 2.12. The van der Waals surface area contributed by atoms with Gasteiger partial charge in [0.15, 0.2) is 0 Å². The summed E-state index contributed by atoms with van der Waals surface area (Å²) in [5, 5.41) is 2.88. The van der Waals surface area contributed by atoms with Gasteiger partial charge < -0.3 is 16.0 Å². The van der Waals surface area contributed by atoms with Gasteiger partial charge in [0.05, 0.1) is 0 Å². The molecule has 1 atom stereocenters. The van der Waals surface area contributed by atoms with Gasteiger partial charge in [0.25, 0.3) is 0 Å². The Balaban J connectivity index is 2.24. The molecule has 5 heteroatoms. The summed E-state index contributed by atoms with van der Waals surface area (Å²) in [5.74, 6) is 0.0710. The van der Waals surface area contributed by atoms with Crippen LogP contribution in [0.4, 0.5) is 5.69 Å². The van der Waals surface area contributed by atoms with E-state index in [4.69, 9.17) is 5.73 Å². The van der Waals surface area contributed by atoms with Crippen molar-refractivity contribution in [3.05, 3.63) is 28.7 Å². The van der Waals surface area contributed by atoms with E-state index in [2.05, 4.69) is 26.1 Å². The Morgan fingerprint density at radius 2 is 2.35 bits per heavy atom. The van der Waals surface area contributed by atoms with Crippen LogP contribution < -0.4 is 16.0 Å². The van der Waals surface area contributed by atoms with E-state index in [1.807, 2.05) is 24.3 Å². The van der Waals surface area contributed by atoms with Crippen molar-refractivity contribution in [1.82, 2.24) is 5.32 Å². The number of nitrogens with two attached hydrogens (primary N) is 1. The Morgan fingerprint density at radius 3 is 3.06 bits per heavy atom. The first-order valence-electron chi connectivity index (χ1n) is 5.72. The molecule has 0 spiro atoms. The van der Waals surface area contributed by atoms with Crippen LogP contribution in [0.1, 0.15) is 6.42 Å². The maximum Gasteiger partial charge on any atom is 0.242 e. The number of benzene rings is 1. The van der Waals surface area contributed by atoms with Crippen LogP contribution >= 0.6 is 15.9 Å². The van der Waals surface area contributed by atoms with Gasteiger partial charge >= 0.3 is 0 Å². The number of nitrogens with zero attached hydrogens (tertiary/aromatic N) is 1. The monoisotopic (exact) mass is 297 g/mol. The van der Waals surface area contributed by atoms with Gasteiger partial charge in [-0.15, -0.1) is 0 Å². The second-order valence-corrected chi connectivity index (χ2v) is 4.97. The molecular formula is C12H16BrN3O. The van der Waals surface area contributed by atoms with Gasteiger partial charge in [-0.1, -0.05) is 22.0 Å². The molecule has 3 N–H and O–H groups in total. The van der Waals surface area contributed by atoms with Crippen LogP contribution in [-0.2, 0) is 4.79 Å². The number of carbonyl (C=O) groups is 1. The zero-order valence-corrected chi connectivity index (χ0v) is 11.1. The average molecular weight is 298 g/mol. The molecule has 1 unspecified atom stereocenters. The minimum atomic E-state index is -0.150. The Bertz CT molecular complexity index is 410. The number of carbonyl (C=O) groups excluding carboxylic acids is 1. The van der Waals surface area contributed by atoms with Crippen LogP contribution in [0.15, 0.2) is 28.7 Å². The van der Waals surface area contributed by atoms with E-state index < -0.39 is 0 Å². The highest BCUT2D eigenvalue weighted by Gasteiger charge is 2.28. The van der Waals surface area contributed by atoms with Crippen LogP contribution in [0.2, 0.25) is 0 Å². The van der Waals surface area contributed by atoms with Gasteiger partial charge in [0, 0.05) is 23.2 Å². The predicted octanol–water partition coefficient (Wildman–Crippen LogP) is 1.10. The van der Waals surface area contributed by atoms with Crippen molar-refractivity contribution in [2.45, 2.75) is 12.5 Å². The second kappa shape index (κ2) is 5.51. The molecule has 1 aliphatic rings. The van der Waals surface area contributed by atoms with E-state index in [1.165, 1.54) is 0 Å². The van der Waals surface area contributed by atoms with Crippen molar-refractivity contribution in [3.8, 4) is 0 Å². The molecule has 0 aromatic heterocycles. The van der Waals surface area contributed by atoms with Crippen LogP contribution in [-0.4, -0.2) is 31.6 Å². The summed E-state index contributed by atoms with van der Waals surface area (Å²) in [5.41, 5.74) is 6.64. The highest BCUT2D eigenvalue weighted by molar-refractivity contribution is 9.10. The normalized spacial score (nSPS) is 20.2. The number of halogens is 1. The van der Waals surface area contributed by atoms with E-state index in [-0.39, 0.29) is 11.9 Å². The van der Waals surface area contributed by atoms with Crippen molar-refractivity contribution in [2.75, 3.05) is 24.5 Å². The van der Waals surface area contributed by atoms with Crippen LogP contribution in [0, 0.1) is 0 Å². The number of anilines is 1. The third kappa shape index (κ3) is 2.79. The summed E-state index contributed by atoms with van der Waals surface area (Å²) in [7, 11) is 0.